The lowest BCUT2D eigenvalue weighted by Crippen LogP contribution is -2.43. The summed E-state index contributed by atoms with van der Waals surface area (Å²) < 4.78 is 11.1. The van der Waals surface area contributed by atoms with Gasteiger partial charge < -0.3 is 19.7 Å². The second-order valence-corrected chi connectivity index (χ2v) is 6.12. The fourth-order valence-electron chi connectivity index (χ4n) is 3.06. The van der Waals surface area contributed by atoms with Crippen molar-refractivity contribution in [3.63, 3.8) is 0 Å². The average molecular weight is 304 g/mol. The van der Waals surface area contributed by atoms with E-state index in [1.807, 2.05) is 25.2 Å². The molecule has 2 aliphatic rings. The zero-order valence-corrected chi connectivity index (χ0v) is 13.1. The van der Waals surface area contributed by atoms with E-state index in [9.17, 15) is 4.79 Å². The number of benzene rings is 1. The first-order valence-corrected chi connectivity index (χ1v) is 8.12. The number of hydrogen-bond acceptors (Lipinski definition) is 3. The van der Waals surface area contributed by atoms with E-state index in [-0.39, 0.29) is 6.03 Å². The summed E-state index contributed by atoms with van der Waals surface area (Å²) in [5, 5.41) is 3.13. The minimum absolute atomic E-state index is 0.00166. The molecule has 0 radical (unpaired) electrons. The van der Waals surface area contributed by atoms with E-state index in [2.05, 4.69) is 5.32 Å². The number of hydrogen-bond donors (Lipinski definition) is 1. The summed E-state index contributed by atoms with van der Waals surface area (Å²) in [4.78, 5) is 14.0. The standard InChI is InChI=1S/C17H24N2O3/c1-19(17(20)18-14-5-3-2-4-6-14)12-13-7-8-15-16(11-13)22-10-9-21-15/h7-8,11,14H,2-6,9-10,12H2,1H3,(H,18,20). The van der Waals surface area contributed by atoms with Crippen LogP contribution >= 0.6 is 0 Å². The van der Waals surface area contributed by atoms with Gasteiger partial charge in [0.1, 0.15) is 13.2 Å². The average Bonchev–Trinajstić information content (AvgIpc) is 2.55. The Morgan fingerprint density at radius 2 is 1.91 bits per heavy atom. The van der Waals surface area contributed by atoms with Gasteiger partial charge in [-0.25, -0.2) is 4.79 Å². The number of nitrogens with one attached hydrogen (secondary N) is 1. The fourth-order valence-corrected chi connectivity index (χ4v) is 3.06. The van der Waals surface area contributed by atoms with Crippen molar-refractivity contribution in [2.45, 2.75) is 44.7 Å². The summed E-state index contributed by atoms with van der Waals surface area (Å²) >= 11 is 0. The molecular weight excluding hydrogens is 280 g/mol. The normalized spacial score (nSPS) is 17.9. The van der Waals surface area contributed by atoms with Crippen LogP contribution in [0.2, 0.25) is 0 Å². The van der Waals surface area contributed by atoms with Gasteiger partial charge in [-0.05, 0) is 30.5 Å². The topological polar surface area (TPSA) is 50.8 Å². The molecule has 1 saturated carbocycles. The maximum atomic E-state index is 12.3. The van der Waals surface area contributed by atoms with Gasteiger partial charge in [-0.1, -0.05) is 25.3 Å². The van der Waals surface area contributed by atoms with Gasteiger partial charge in [0.05, 0.1) is 0 Å². The summed E-state index contributed by atoms with van der Waals surface area (Å²) in [6, 6.07) is 6.19. The van der Waals surface area contributed by atoms with Crippen LogP contribution in [0.15, 0.2) is 18.2 Å². The molecule has 1 aliphatic heterocycles. The Morgan fingerprint density at radius 3 is 2.68 bits per heavy atom. The molecule has 1 heterocycles. The molecule has 0 spiro atoms. The van der Waals surface area contributed by atoms with Gasteiger partial charge in [0, 0.05) is 19.6 Å². The number of amides is 2. The van der Waals surface area contributed by atoms with E-state index in [1.54, 1.807) is 4.90 Å². The fraction of sp³-hybridized carbons (Fsp3) is 0.588. The number of nitrogens with zero attached hydrogens (tertiary/aromatic N) is 1. The van der Waals surface area contributed by atoms with Gasteiger partial charge in [0.2, 0.25) is 0 Å². The largest absolute Gasteiger partial charge is 0.486 e. The predicted molar refractivity (Wildman–Crippen MR) is 84.3 cm³/mol. The molecule has 5 heteroatoms. The third kappa shape index (κ3) is 3.64. The van der Waals surface area contributed by atoms with Crippen LogP contribution in [0, 0.1) is 0 Å². The van der Waals surface area contributed by atoms with Crippen molar-refractivity contribution >= 4 is 6.03 Å². The van der Waals surface area contributed by atoms with Gasteiger partial charge in [-0.3, -0.25) is 0 Å². The predicted octanol–water partition coefficient (Wildman–Crippen LogP) is 2.93. The van der Waals surface area contributed by atoms with Gasteiger partial charge >= 0.3 is 6.03 Å². The quantitative estimate of drug-likeness (QED) is 0.934. The Bertz CT molecular complexity index is 527. The molecule has 0 bridgehead atoms. The van der Waals surface area contributed by atoms with E-state index in [4.69, 9.17) is 9.47 Å². The van der Waals surface area contributed by atoms with Crippen LogP contribution in [0.3, 0.4) is 0 Å². The highest BCUT2D eigenvalue weighted by Gasteiger charge is 2.18. The van der Waals surface area contributed by atoms with Crippen LogP contribution in [0.25, 0.3) is 0 Å². The van der Waals surface area contributed by atoms with Crippen molar-refractivity contribution in [3.8, 4) is 11.5 Å². The van der Waals surface area contributed by atoms with E-state index >= 15 is 0 Å². The molecule has 1 aromatic rings. The molecule has 1 aliphatic carbocycles. The number of carbonyl (C=O) groups is 1. The molecule has 5 nitrogen and oxygen atoms in total. The third-order valence-corrected chi connectivity index (χ3v) is 4.31. The molecule has 1 fully saturated rings. The van der Waals surface area contributed by atoms with E-state index in [1.165, 1.54) is 19.3 Å². The van der Waals surface area contributed by atoms with Crippen molar-refractivity contribution in [2.75, 3.05) is 20.3 Å². The number of carbonyl (C=O) groups excluding carboxylic acids is 1. The lowest BCUT2D eigenvalue weighted by atomic mass is 9.96. The summed E-state index contributed by atoms with van der Waals surface area (Å²) in [5.41, 5.74) is 1.05. The first kappa shape index (κ1) is 15.0. The van der Waals surface area contributed by atoms with Crippen molar-refractivity contribution in [2.24, 2.45) is 0 Å². The summed E-state index contributed by atoms with van der Waals surface area (Å²) in [5.74, 6) is 1.55. The Labute approximate surface area is 131 Å². The number of rotatable bonds is 3. The maximum absolute atomic E-state index is 12.3. The maximum Gasteiger partial charge on any atom is 0.317 e. The van der Waals surface area contributed by atoms with Crippen LogP contribution in [-0.2, 0) is 6.54 Å². The second-order valence-electron chi connectivity index (χ2n) is 6.12. The monoisotopic (exact) mass is 304 g/mol. The van der Waals surface area contributed by atoms with Crippen molar-refractivity contribution in [1.29, 1.82) is 0 Å². The first-order valence-electron chi connectivity index (χ1n) is 8.12. The van der Waals surface area contributed by atoms with E-state index in [0.717, 1.165) is 29.9 Å². The van der Waals surface area contributed by atoms with Gasteiger partial charge in [-0.15, -0.1) is 0 Å². The molecule has 1 aromatic carbocycles. The molecule has 0 unspecified atom stereocenters. The zero-order chi connectivity index (χ0) is 15.4. The Balaban J connectivity index is 1.56. The smallest absolute Gasteiger partial charge is 0.317 e. The van der Waals surface area contributed by atoms with Gasteiger partial charge in [0.25, 0.3) is 0 Å². The molecule has 0 atom stereocenters. The van der Waals surface area contributed by atoms with Crippen LogP contribution in [0.1, 0.15) is 37.7 Å². The van der Waals surface area contributed by atoms with Crippen LogP contribution in [0.5, 0.6) is 11.5 Å². The molecule has 1 N–H and O–H groups in total. The molecule has 2 amide bonds. The molecule has 22 heavy (non-hydrogen) atoms. The van der Waals surface area contributed by atoms with Crippen LogP contribution in [-0.4, -0.2) is 37.2 Å². The highest BCUT2D eigenvalue weighted by Crippen LogP contribution is 2.31. The van der Waals surface area contributed by atoms with Crippen molar-refractivity contribution in [3.05, 3.63) is 23.8 Å². The Morgan fingerprint density at radius 1 is 1.18 bits per heavy atom. The van der Waals surface area contributed by atoms with Crippen LogP contribution < -0.4 is 14.8 Å². The lowest BCUT2D eigenvalue weighted by molar-refractivity contribution is 0.171. The molecule has 3 rings (SSSR count). The summed E-state index contributed by atoms with van der Waals surface area (Å²) in [6.45, 7) is 1.74. The SMILES string of the molecule is CN(Cc1ccc2c(c1)OCCO2)C(=O)NC1CCCCC1. The number of urea groups is 1. The Kier molecular flexibility index (Phi) is 4.71. The molecular formula is C17H24N2O3. The number of fused-ring (bicyclic) bond motifs is 1. The van der Waals surface area contributed by atoms with Gasteiger partial charge in [-0.2, -0.15) is 0 Å². The minimum atomic E-state index is 0.00166. The van der Waals surface area contributed by atoms with E-state index < -0.39 is 0 Å². The Hall–Kier alpha value is -1.91. The van der Waals surface area contributed by atoms with Crippen LogP contribution in [0.4, 0.5) is 4.79 Å². The van der Waals surface area contributed by atoms with Crippen molar-refractivity contribution in [1.82, 2.24) is 10.2 Å². The summed E-state index contributed by atoms with van der Waals surface area (Å²) in [7, 11) is 1.83. The highest BCUT2D eigenvalue weighted by molar-refractivity contribution is 5.74. The summed E-state index contributed by atoms with van der Waals surface area (Å²) in [6.07, 6.45) is 5.93. The van der Waals surface area contributed by atoms with Crippen molar-refractivity contribution < 1.29 is 14.3 Å². The molecule has 120 valence electrons. The molecule has 0 aromatic heterocycles. The third-order valence-electron chi connectivity index (χ3n) is 4.31. The number of ether oxygens (including phenoxy) is 2. The molecule has 0 saturated heterocycles. The second kappa shape index (κ2) is 6.90. The lowest BCUT2D eigenvalue weighted by Gasteiger charge is -2.26. The minimum Gasteiger partial charge on any atom is -0.486 e. The van der Waals surface area contributed by atoms with E-state index in [0.29, 0.717) is 25.8 Å². The highest BCUT2D eigenvalue weighted by atomic mass is 16.6. The first-order chi connectivity index (χ1) is 10.7. The van der Waals surface area contributed by atoms with Gasteiger partial charge in [0.15, 0.2) is 11.5 Å². The zero-order valence-electron chi connectivity index (χ0n) is 13.1.